The third kappa shape index (κ3) is 2.80. The van der Waals surface area contributed by atoms with Crippen molar-refractivity contribution in [1.82, 2.24) is 5.32 Å². The number of hydrogen-bond donors (Lipinski definition) is 2. The van der Waals surface area contributed by atoms with Crippen LogP contribution in [0.1, 0.15) is 43.7 Å². The Morgan fingerprint density at radius 3 is 2.60 bits per heavy atom. The van der Waals surface area contributed by atoms with Crippen molar-refractivity contribution in [3.8, 4) is 5.75 Å². The zero-order valence-electron chi connectivity index (χ0n) is 12.4. The lowest BCUT2D eigenvalue weighted by Gasteiger charge is -2.31. The van der Waals surface area contributed by atoms with Crippen LogP contribution in [0.25, 0.3) is 0 Å². The van der Waals surface area contributed by atoms with Gasteiger partial charge in [-0.15, -0.1) is 0 Å². The molecule has 0 aromatic heterocycles. The van der Waals surface area contributed by atoms with E-state index in [1.807, 2.05) is 25.1 Å². The summed E-state index contributed by atoms with van der Waals surface area (Å²) in [5.41, 5.74) is 0.604. The number of benzene rings is 1. The van der Waals surface area contributed by atoms with Crippen LogP contribution < -0.4 is 10.1 Å². The molecule has 0 radical (unpaired) electrons. The maximum atomic E-state index is 11.9. The third-order valence-electron chi connectivity index (χ3n) is 4.17. The molecule has 1 aromatic rings. The molecule has 0 aliphatic heterocycles. The number of carboxylic acid groups (broad SMARTS) is 1. The highest BCUT2D eigenvalue weighted by molar-refractivity contribution is 5.81. The summed E-state index contributed by atoms with van der Waals surface area (Å²) in [6.45, 7) is 3.69. The van der Waals surface area contributed by atoms with Crippen molar-refractivity contribution < 1.29 is 14.6 Å². The second kappa shape index (κ2) is 5.83. The third-order valence-corrected chi connectivity index (χ3v) is 4.17. The fourth-order valence-electron chi connectivity index (χ4n) is 2.95. The Morgan fingerprint density at radius 2 is 2.05 bits per heavy atom. The Hall–Kier alpha value is -1.55. The SMILES string of the molecule is COc1ccc(C)cc1C(C)(NC1CCCC1)C(=O)O. The molecule has 1 aromatic carbocycles. The van der Waals surface area contributed by atoms with Crippen molar-refractivity contribution in [2.24, 2.45) is 0 Å². The smallest absolute Gasteiger partial charge is 0.328 e. The minimum Gasteiger partial charge on any atom is -0.496 e. The first-order valence-corrected chi connectivity index (χ1v) is 7.13. The Morgan fingerprint density at radius 1 is 1.40 bits per heavy atom. The van der Waals surface area contributed by atoms with Gasteiger partial charge >= 0.3 is 5.97 Å². The number of ether oxygens (including phenoxy) is 1. The first-order chi connectivity index (χ1) is 9.47. The fraction of sp³-hybridized carbons (Fsp3) is 0.562. The zero-order chi connectivity index (χ0) is 14.8. The van der Waals surface area contributed by atoms with Crippen molar-refractivity contribution in [1.29, 1.82) is 0 Å². The lowest BCUT2D eigenvalue weighted by molar-refractivity contribution is -0.145. The molecule has 2 N–H and O–H groups in total. The molecule has 4 nitrogen and oxygen atoms in total. The Labute approximate surface area is 120 Å². The number of hydrogen-bond acceptors (Lipinski definition) is 3. The first-order valence-electron chi connectivity index (χ1n) is 7.13. The molecular formula is C16H23NO3. The fourth-order valence-corrected chi connectivity index (χ4v) is 2.95. The average molecular weight is 277 g/mol. The van der Waals surface area contributed by atoms with Crippen LogP contribution in [0.15, 0.2) is 18.2 Å². The summed E-state index contributed by atoms with van der Waals surface area (Å²) in [5, 5.41) is 13.1. The topological polar surface area (TPSA) is 58.6 Å². The second-order valence-corrected chi connectivity index (χ2v) is 5.76. The molecule has 4 heteroatoms. The summed E-state index contributed by atoms with van der Waals surface area (Å²) in [7, 11) is 1.58. The highest BCUT2D eigenvalue weighted by Crippen LogP contribution is 2.33. The van der Waals surface area contributed by atoms with Crippen molar-refractivity contribution >= 4 is 5.97 Å². The number of aryl methyl sites for hydroxylation is 1. The molecule has 1 fully saturated rings. The van der Waals surface area contributed by atoms with E-state index in [1.165, 1.54) is 0 Å². The molecule has 1 atom stereocenters. The summed E-state index contributed by atoms with van der Waals surface area (Å²) < 4.78 is 5.36. The second-order valence-electron chi connectivity index (χ2n) is 5.76. The molecule has 1 saturated carbocycles. The Bertz CT molecular complexity index is 494. The van der Waals surface area contributed by atoms with Crippen LogP contribution in [-0.2, 0) is 10.3 Å². The number of carboxylic acids is 1. The van der Waals surface area contributed by atoms with Gasteiger partial charge in [0.2, 0.25) is 0 Å². The quantitative estimate of drug-likeness (QED) is 0.869. The maximum absolute atomic E-state index is 11.9. The summed E-state index contributed by atoms with van der Waals surface area (Å²) >= 11 is 0. The summed E-state index contributed by atoms with van der Waals surface area (Å²) in [4.78, 5) is 11.9. The van der Waals surface area contributed by atoms with Crippen molar-refractivity contribution in [3.63, 3.8) is 0 Å². The standard InChI is InChI=1S/C16H23NO3/c1-11-8-9-14(20-3)13(10-11)16(2,15(18)19)17-12-6-4-5-7-12/h8-10,12,17H,4-7H2,1-3H3,(H,18,19). The van der Waals surface area contributed by atoms with Gasteiger partial charge in [-0.2, -0.15) is 0 Å². The molecule has 0 saturated heterocycles. The Balaban J connectivity index is 2.40. The number of carbonyl (C=O) groups is 1. The molecule has 1 aliphatic carbocycles. The largest absolute Gasteiger partial charge is 0.496 e. The van der Waals surface area contributed by atoms with Crippen LogP contribution in [0, 0.1) is 6.92 Å². The van der Waals surface area contributed by atoms with Gasteiger partial charge in [0.1, 0.15) is 11.3 Å². The number of methoxy groups -OCH3 is 1. The highest BCUT2D eigenvalue weighted by Gasteiger charge is 2.40. The summed E-state index contributed by atoms with van der Waals surface area (Å²) in [6, 6.07) is 5.93. The molecule has 2 rings (SSSR count). The molecule has 20 heavy (non-hydrogen) atoms. The lowest BCUT2D eigenvalue weighted by Crippen LogP contribution is -2.50. The van der Waals surface area contributed by atoms with Crippen molar-refractivity contribution in [2.45, 2.75) is 51.1 Å². The van der Waals surface area contributed by atoms with Gasteiger partial charge in [-0.05, 0) is 38.8 Å². The Kier molecular flexibility index (Phi) is 4.33. The monoisotopic (exact) mass is 277 g/mol. The predicted molar refractivity (Wildman–Crippen MR) is 78.1 cm³/mol. The van der Waals surface area contributed by atoms with Gasteiger partial charge in [0.15, 0.2) is 0 Å². The number of aliphatic carboxylic acids is 1. The number of nitrogens with one attached hydrogen (secondary N) is 1. The minimum absolute atomic E-state index is 0.265. The molecule has 0 spiro atoms. The molecular weight excluding hydrogens is 254 g/mol. The van der Waals surface area contributed by atoms with Crippen molar-refractivity contribution in [2.75, 3.05) is 7.11 Å². The van der Waals surface area contributed by atoms with E-state index < -0.39 is 11.5 Å². The van der Waals surface area contributed by atoms with Gasteiger partial charge in [-0.25, -0.2) is 4.79 Å². The number of rotatable bonds is 5. The van der Waals surface area contributed by atoms with E-state index in [2.05, 4.69) is 5.32 Å². The molecule has 1 aliphatic rings. The van der Waals surface area contributed by atoms with Gasteiger partial charge in [0, 0.05) is 11.6 Å². The highest BCUT2D eigenvalue weighted by atomic mass is 16.5. The maximum Gasteiger partial charge on any atom is 0.328 e. The van der Waals surface area contributed by atoms with Crippen LogP contribution in [0.5, 0.6) is 5.75 Å². The first kappa shape index (κ1) is 14.9. The minimum atomic E-state index is -1.12. The molecule has 0 bridgehead atoms. The van der Waals surface area contributed by atoms with E-state index in [0.717, 1.165) is 31.2 Å². The van der Waals surface area contributed by atoms with Crippen LogP contribution in [-0.4, -0.2) is 24.2 Å². The molecule has 1 unspecified atom stereocenters. The van der Waals surface area contributed by atoms with Gasteiger partial charge < -0.3 is 9.84 Å². The van der Waals surface area contributed by atoms with E-state index >= 15 is 0 Å². The van der Waals surface area contributed by atoms with Crippen LogP contribution >= 0.6 is 0 Å². The molecule has 110 valence electrons. The molecule has 0 heterocycles. The van der Waals surface area contributed by atoms with Gasteiger partial charge in [-0.1, -0.05) is 24.5 Å². The molecule has 0 amide bonds. The van der Waals surface area contributed by atoms with Gasteiger partial charge in [0.05, 0.1) is 7.11 Å². The summed E-state index contributed by atoms with van der Waals surface area (Å²) in [6.07, 6.45) is 4.41. The van der Waals surface area contributed by atoms with Crippen LogP contribution in [0.4, 0.5) is 0 Å². The lowest BCUT2D eigenvalue weighted by atomic mass is 9.89. The average Bonchev–Trinajstić information content (AvgIpc) is 2.91. The van der Waals surface area contributed by atoms with E-state index in [4.69, 9.17) is 4.74 Å². The van der Waals surface area contributed by atoms with Crippen molar-refractivity contribution in [3.05, 3.63) is 29.3 Å². The predicted octanol–water partition coefficient (Wildman–Crippen LogP) is 2.84. The normalized spacial score (nSPS) is 18.8. The van der Waals surface area contributed by atoms with E-state index in [0.29, 0.717) is 11.3 Å². The van der Waals surface area contributed by atoms with Gasteiger partial charge in [0.25, 0.3) is 0 Å². The van der Waals surface area contributed by atoms with Crippen LogP contribution in [0.2, 0.25) is 0 Å². The van der Waals surface area contributed by atoms with E-state index in [9.17, 15) is 9.90 Å². The van der Waals surface area contributed by atoms with Gasteiger partial charge in [-0.3, -0.25) is 5.32 Å². The van der Waals surface area contributed by atoms with E-state index in [1.54, 1.807) is 14.0 Å². The van der Waals surface area contributed by atoms with E-state index in [-0.39, 0.29) is 6.04 Å². The van der Waals surface area contributed by atoms with Crippen LogP contribution in [0.3, 0.4) is 0 Å². The zero-order valence-corrected chi connectivity index (χ0v) is 12.4. The summed E-state index contributed by atoms with van der Waals surface area (Å²) in [5.74, 6) is -0.251.